The Morgan fingerprint density at radius 3 is 1.83 bits per heavy atom. The highest BCUT2D eigenvalue weighted by Crippen LogP contribution is 2.38. The van der Waals surface area contributed by atoms with E-state index in [4.69, 9.17) is 0 Å². The normalized spacial score (nSPS) is 13.8. The van der Waals surface area contributed by atoms with E-state index < -0.39 is 0 Å². The summed E-state index contributed by atoms with van der Waals surface area (Å²) in [6, 6.07) is 0. The van der Waals surface area contributed by atoms with Crippen LogP contribution in [0.5, 0.6) is 0 Å². The molecular formula is C17H27N. The minimum absolute atomic E-state index is 0.210. The minimum Gasteiger partial charge on any atom is -0.264 e. The second kappa shape index (κ2) is 5.26. The van der Waals surface area contributed by atoms with Gasteiger partial charge in [-0.25, -0.2) is 0 Å². The average molecular weight is 245 g/mol. The summed E-state index contributed by atoms with van der Waals surface area (Å²) >= 11 is 0. The van der Waals surface area contributed by atoms with Gasteiger partial charge in [0, 0.05) is 12.4 Å². The Labute approximate surface area is 112 Å². The molecule has 1 rings (SSSR count). The van der Waals surface area contributed by atoms with Gasteiger partial charge in [-0.1, -0.05) is 40.2 Å². The number of rotatable bonds is 2. The summed E-state index contributed by atoms with van der Waals surface area (Å²) in [5, 5.41) is 0. The molecule has 0 aliphatic rings. The van der Waals surface area contributed by atoms with Gasteiger partial charge < -0.3 is 0 Å². The Kier molecular flexibility index (Phi) is 4.37. The van der Waals surface area contributed by atoms with Gasteiger partial charge in [0.25, 0.3) is 0 Å². The minimum atomic E-state index is 0.210. The van der Waals surface area contributed by atoms with Crippen LogP contribution in [0.15, 0.2) is 18.0 Å². The van der Waals surface area contributed by atoms with E-state index in [0.29, 0.717) is 5.92 Å². The van der Waals surface area contributed by atoms with Crippen molar-refractivity contribution in [3.05, 3.63) is 34.7 Å². The summed E-state index contributed by atoms with van der Waals surface area (Å²) in [5.41, 5.74) is 7.13. The monoisotopic (exact) mass is 245 g/mol. The first-order valence-corrected chi connectivity index (χ1v) is 6.79. The summed E-state index contributed by atoms with van der Waals surface area (Å²) in [6.07, 6.45) is 3.95. The molecule has 0 N–H and O–H groups in total. The van der Waals surface area contributed by atoms with Gasteiger partial charge in [0.05, 0.1) is 0 Å². The number of aryl methyl sites for hydroxylation is 2. The molecule has 18 heavy (non-hydrogen) atoms. The predicted molar refractivity (Wildman–Crippen MR) is 80.6 cm³/mol. The van der Waals surface area contributed by atoms with Crippen molar-refractivity contribution in [3.63, 3.8) is 0 Å². The van der Waals surface area contributed by atoms with E-state index >= 15 is 0 Å². The molecule has 0 saturated heterocycles. The second-order valence-electron chi connectivity index (χ2n) is 6.59. The van der Waals surface area contributed by atoms with E-state index in [9.17, 15) is 0 Å². The molecule has 1 nitrogen and oxygen atoms in total. The van der Waals surface area contributed by atoms with E-state index in [1.54, 1.807) is 0 Å². The third kappa shape index (κ3) is 3.01. The molecule has 1 aromatic rings. The lowest BCUT2D eigenvalue weighted by Crippen LogP contribution is -2.13. The van der Waals surface area contributed by atoms with Gasteiger partial charge in [0.15, 0.2) is 0 Å². The van der Waals surface area contributed by atoms with Gasteiger partial charge in [-0.05, 0) is 54.4 Å². The lowest BCUT2D eigenvalue weighted by Gasteiger charge is -2.28. The number of allylic oxidation sites excluding steroid dienone is 2. The van der Waals surface area contributed by atoms with Gasteiger partial charge in [-0.3, -0.25) is 4.98 Å². The van der Waals surface area contributed by atoms with Gasteiger partial charge in [0.1, 0.15) is 0 Å². The van der Waals surface area contributed by atoms with Crippen molar-refractivity contribution in [2.24, 2.45) is 11.3 Å². The highest BCUT2D eigenvalue weighted by Gasteiger charge is 2.22. The van der Waals surface area contributed by atoms with Crippen molar-refractivity contribution >= 4 is 5.57 Å². The van der Waals surface area contributed by atoms with Crippen molar-refractivity contribution in [3.8, 4) is 0 Å². The van der Waals surface area contributed by atoms with Crippen LogP contribution in [0.3, 0.4) is 0 Å². The summed E-state index contributed by atoms with van der Waals surface area (Å²) in [6.45, 7) is 18.0. The van der Waals surface area contributed by atoms with Crippen LogP contribution in [0.4, 0.5) is 0 Å². The van der Waals surface area contributed by atoms with Crippen LogP contribution < -0.4 is 0 Å². The Morgan fingerprint density at radius 1 is 1.06 bits per heavy atom. The van der Waals surface area contributed by atoms with Crippen LogP contribution in [-0.2, 0) is 0 Å². The molecule has 0 atom stereocenters. The molecule has 0 aromatic carbocycles. The van der Waals surface area contributed by atoms with E-state index in [-0.39, 0.29) is 5.41 Å². The molecule has 0 fully saturated rings. The lowest BCUT2D eigenvalue weighted by molar-refractivity contribution is 0.501. The number of hydrogen-bond donors (Lipinski definition) is 0. The van der Waals surface area contributed by atoms with Crippen molar-refractivity contribution < 1.29 is 0 Å². The van der Waals surface area contributed by atoms with Crippen LogP contribution in [0, 0.1) is 25.2 Å². The largest absolute Gasteiger partial charge is 0.264 e. The zero-order valence-corrected chi connectivity index (χ0v) is 13.2. The van der Waals surface area contributed by atoms with Crippen molar-refractivity contribution in [1.82, 2.24) is 4.98 Å². The zero-order valence-electron chi connectivity index (χ0n) is 13.2. The molecule has 0 amide bonds. The van der Waals surface area contributed by atoms with E-state index in [2.05, 4.69) is 60.4 Å². The van der Waals surface area contributed by atoms with Gasteiger partial charge in [0.2, 0.25) is 0 Å². The molecule has 0 bridgehead atoms. The Balaban J connectivity index is 3.58. The van der Waals surface area contributed by atoms with Crippen molar-refractivity contribution in [2.75, 3.05) is 0 Å². The van der Waals surface area contributed by atoms with Crippen LogP contribution >= 0.6 is 0 Å². The van der Waals surface area contributed by atoms with Crippen molar-refractivity contribution in [2.45, 2.75) is 55.4 Å². The highest BCUT2D eigenvalue weighted by molar-refractivity contribution is 5.74. The van der Waals surface area contributed by atoms with E-state index in [1.807, 2.05) is 12.4 Å². The van der Waals surface area contributed by atoms with Crippen LogP contribution in [0.2, 0.25) is 0 Å². The lowest BCUT2D eigenvalue weighted by atomic mass is 9.77. The summed E-state index contributed by atoms with van der Waals surface area (Å²) in [5.74, 6) is 0.532. The third-order valence-corrected chi connectivity index (χ3v) is 3.70. The second-order valence-corrected chi connectivity index (χ2v) is 6.59. The first-order valence-electron chi connectivity index (χ1n) is 6.79. The molecule has 100 valence electrons. The Hall–Kier alpha value is -1.11. The van der Waals surface area contributed by atoms with Gasteiger partial charge in [-0.15, -0.1) is 0 Å². The molecule has 1 heteroatoms. The standard InChI is InChI=1S/C17H27N/c1-11(2)15(14(5)17(6,7)8)16-12(3)9-18-10-13(16)4/h9-11H,1-8H3/b15-14+. The maximum absolute atomic E-state index is 4.29. The fourth-order valence-corrected chi connectivity index (χ4v) is 2.44. The first-order chi connectivity index (χ1) is 8.16. The molecule has 0 aliphatic carbocycles. The molecule has 1 aromatic heterocycles. The zero-order chi connectivity index (χ0) is 14.1. The highest BCUT2D eigenvalue weighted by atomic mass is 14.6. The fraction of sp³-hybridized carbons (Fsp3) is 0.588. The molecule has 1 heterocycles. The Bertz CT molecular complexity index is 439. The number of hydrogen-bond acceptors (Lipinski definition) is 1. The number of pyridine rings is 1. The maximum atomic E-state index is 4.29. The average Bonchev–Trinajstić information content (AvgIpc) is 2.20. The molecule has 0 aliphatic heterocycles. The third-order valence-electron chi connectivity index (χ3n) is 3.70. The first kappa shape index (κ1) is 14.9. The van der Waals surface area contributed by atoms with Gasteiger partial charge in [-0.2, -0.15) is 0 Å². The molecule has 0 saturated carbocycles. The SMILES string of the molecule is C/C(=C(\c1c(C)cncc1C)C(C)C)C(C)(C)C. The van der Waals surface area contributed by atoms with E-state index in [0.717, 1.165) is 0 Å². The smallest absolute Gasteiger partial charge is 0.0303 e. The van der Waals surface area contributed by atoms with Crippen molar-refractivity contribution in [1.29, 1.82) is 0 Å². The molecule has 0 spiro atoms. The number of nitrogens with zero attached hydrogens (tertiary/aromatic N) is 1. The summed E-state index contributed by atoms with van der Waals surface area (Å²) < 4.78 is 0. The van der Waals surface area contributed by atoms with Crippen LogP contribution in [-0.4, -0.2) is 4.98 Å². The molecule has 0 unspecified atom stereocenters. The summed E-state index contributed by atoms with van der Waals surface area (Å²) in [4.78, 5) is 4.29. The number of aromatic nitrogens is 1. The summed E-state index contributed by atoms with van der Waals surface area (Å²) in [7, 11) is 0. The van der Waals surface area contributed by atoms with Gasteiger partial charge >= 0.3 is 0 Å². The molecule has 0 radical (unpaired) electrons. The van der Waals surface area contributed by atoms with Crippen LogP contribution in [0.1, 0.15) is 58.2 Å². The van der Waals surface area contributed by atoms with E-state index in [1.165, 1.54) is 27.8 Å². The topological polar surface area (TPSA) is 12.9 Å². The van der Waals surface area contributed by atoms with Crippen LogP contribution in [0.25, 0.3) is 5.57 Å². The maximum Gasteiger partial charge on any atom is 0.0303 e. The Morgan fingerprint density at radius 2 is 1.50 bits per heavy atom. The fourth-order valence-electron chi connectivity index (χ4n) is 2.44. The quantitative estimate of drug-likeness (QED) is 0.700. The predicted octanol–water partition coefficient (Wildman–Crippen LogP) is 5.17. The molecular weight excluding hydrogens is 218 g/mol.